The number of anilines is 3. The fourth-order valence-electron chi connectivity index (χ4n) is 6.34. The first-order valence-corrected chi connectivity index (χ1v) is 21.3. The number of para-hydroxylation sites is 2. The van der Waals surface area contributed by atoms with Gasteiger partial charge in [0.2, 0.25) is 0 Å². The highest BCUT2D eigenvalue weighted by molar-refractivity contribution is 7.80. The maximum Gasteiger partial charge on any atom is 0.285 e. The Morgan fingerprint density at radius 3 is 1.46 bits per heavy atom. The lowest BCUT2D eigenvalue weighted by Crippen LogP contribution is -2.50. The van der Waals surface area contributed by atoms with Gasteiger partial charge in [-0.25, -0.2) is 14.8 Å². The molecule has 0 aliphatic carbocycles. The van der Waals surface area contributed by atoms with E-state index in [2.05, 4.69) is 64.1 Å². The molecule has 0 atom stereocenters. The van der Waals surface area contributed by atoms with Crippen molar-refractivity contribution in [2.75, 3.05) is 99.8 Å². The minimum absolute atomic E-state index is 0.231. The van der Waals surface area contributed by atoms with E-state index in [1.807, 2.05) is 18.2 Å². The van der Waals surface area contributed by atoms with Gasteiger partial charge in [-0.1, -0.05) is 106 Å². The summed E-state index contributed by atoms with van der Waals surface area (Å²) < 4.78 is 0. The summed E-state index contributed by atoms with van der Waals surface area (Å²) in [5.74, 6) is -1.76. The van der Waals surface area contributed by atoms with Crippen LogP contribution in [-0.4, -0.2) is 138 Å². The van der Waals surface area contributed by atoms with E-state index in [1.54, 1.807) is 42.5 Å². The summed E-state index contributed by atoms with van der Waals surface area (Å²) in [5.41, 5.74) is 6.84. The molecule has 308 valence electrons. The maximum absolute atomic E-state index is 12.7. The quantitative estimate of drug-likeness (QED) is 0.225. The fraction of sp³-hybridized carbons (Fsp3) is 0.450. The normalized spacial score (nSPS) is 17.3. The monoisotopic (exact) mass is 857 g/mol. The van der Waals surface area contributed by atoms with Gasteiger partial charge in [0.05, 0.1) is 11.4 Å². The first-order valence-electron chi connectivity index (χ1n) is 19.3. The highest BCUT2D eigenvalue weighted by Gasteiger charge is 2.41. The van der Waals surface area contributed by atoms with E-state index in [-0.39, 0.29) is 21.9 Å². The van der Waals surface area contributed by atoms with Crippen molar-refractivity contribution < 1.29 is 19.2 Å². The Morgan fingerprint density at radius 1 is 0.667 bits per heavy atom. The molecule has 4 aliphatic rings. The van der Waals surface area contributed by atoms with Gasteiger partial charge in [-0.3, -0.25) is 19.2 Å². The number of fused-ring (bicyclic) bond motifs is 1. The summed E-state index contributed by atoms with van der Waals surface area (Å²) in [5, 5.41) is 0.863. The number of nitrogens with zero attached hydrogens (tertiary/aromatic N) is 8. The van der Waals surface area contributed by atoms with Crippen LogP contribution < -0.4 is 20.4 Å². The van der Waals surface area contributed by atoms with Gasteiger partial charge >= 0.3 is 0 Å². The molecule has 2 aromatic carbocycles. The van der Waals surface area contributed by atoms with Crippen molar-refractivity contribution in [1.82, 2.24) is 24.6 Å². The lowest BCUT2D eigenvalue weighted by atomic mass is 10.3. The summed E-state index contributed by atoms with van der Waals surface area (Å²) in [6.45, 7) is 24.5. The number of piperazine rings is 2. The number of likely N-dealkylation sites (N-methyl/N-ethyl adjacent to an activating group) is 2. The van der Waals surface area contributed by atoms with Gasteiger partial charge < -0.3 is 30.2 Å². The standard InChI is InChI=1S/C17H18N4O2S.C10H5Cl2NO2.C7H15N3S.C6H15N/c1-2-19-8-10-20(11-9-19)17-18-13-14(24-17)16(23)21(15(13)22)12-6-4-3-5-7-12;11-7-8(12)10(15)13(9(7)14)6-4-2-1-3-5-6;1-2-9-3-5-10(6-4-9)7(8)11;1-4-7(5-2)6-3/h3-7H,2,8-11H2,1H3;1-5H;2-6H2,1H3,(H2,8,11);4-6H2,1-3H3. The first-order chi connectivity index (χ1) is 27.4. The average Bonchev–Trinajstić information content (AvgIpc) is 3.86. The van der Waals surface area contributed by atoms with Crippen molar-refractivity contribution in [3.05, 3.63) is 81.3 Å². The minimum Gasteiger partial charge on any atom is -0.376 e. The minimum atomic E-state index is -0.585. The smallest absolute Gasteiger partial charge is 0.285 e. The van der Waals surface area contributed by atoms with Crippen molar-refractivity contribution in [3.8, 4) is 0 Å². The molecule has 2 fully saturated rings. The van der Waals surface area contributed by atoms with Gasteiger partial charge in [0.1, 0.15) is 14.9 Å². The number of hydrogen-bond acceptors (Lipinski definition) is 11. The predicted octanol–water partition coefficient (Wildman–Crippen LogP) is 5.55. The third kappa shape index (κ3) is 11.6. The van der Waals surface area contributed by atoms with Crippen molar-refractivity contribution in [2.24, 2.45) is 5.73 Å². The molecule has 0 unspecified atom stereocenters. The summed E-state index contributed by atoms with van der Waals surface area (Å²) >= 11 is 17.4. The lowest BCUT2D eigenvalue weighted by Gasteiger charge is -2.34. The molecular weight excluding hydrogens is 806 g/mol. The number of hydrogen-bond donors (Lipinski definition) is 1. The predicted molar refractivity (Wildman–Crippen MR) is 236 cm³/mol. The molecule has 57 heavy (non-hydrogen) atoms. The number of aromatic nitrogens is 1. The molecule has 0 spiro atoms. The Hall–Kier alpha value is -3.96. The molecule has 7 rings (SSSR count). The zero-order chi connectivity index (χ0) is 41.6. The second-order valence-electron chi connectivity index (χ2n) is 13.2. The van der Waals surface area contributed by atoms with Crippen LogP contribution in [0.1, 0.15) is 54.8 Å². The van der Waals surface area contributed by atoms with Gasteiger partial charge in [-0.15, -0.1) is 0 Å². The van der Waals surface area contributed by atoms with Crippen LogP contribution in [0.25, 0.3) is 0 Å². The number of halogens is 2. The van der Waals surface area contributed by atoms with Crippen LogP contribution >= 0.6 is 46.8 Å². The summed E-state index contributed by atoms with van der Waals surface area (Å²) in [7, 11) is 0. The summed E-state index contributed by atoms with van der Waals surface area (Å²) in [6.07, 6.45) is 0. The molecule has 0 radical (unpaired) electrons. The van der Waals surface area contributed by atoms with Crippen molar-refractivity contribution in [3.63, 3.8) is 0 Å². The second-order valence-corrected chi connectivity index (χ2v) is 15.3. The molecule has 0 saturated carbocycles. The van der Waals surface area contributed by atoms with Crippen LogP contribution in [0.2, 0.25) is 0 Å². The average molecular weight is 859 g/mol. The van der Waals surface area contributed by atoms with Crippen LogP contribution in [0.15, 0.2) is 70.7 Å². The van der Waals surface area contributed by atoms with Crippen LogP contribution in [-0.2, 0) is 9.59 Å². The van der Waals surface area contributed by atoms with Gasteiger partial charge in [-0.2, -0.15) is 0 Å². The van der Waals surface area contributed by atoms with E-state index < -0.39 is 11.8 Å². The van der Waals surface area contributed by atoms with Crippen molar-refractivity contribution >= 4 is 92.0 Å². The van der Waals surface area contributed by atoms with E-state index >= 15 is 0 Å². The Morgan fingerprint density at radius 2 is 1.09 bits per heavy atom. The third-order valence-corrected chi connectivity index (χ3v) is 12.1. The third-order valence-electron chi connectivity index (χ3n) is 9.98. The number of benzene rings is 2. The molecule has 4 amide bonds. The molecule has 17 heteroatoms. The molecule has 0 bridgehead atoms. The van der Waals surface area contributed by atoms with Crippen LogP contribution in [0.4, 0.5) is 16.5 Å². The van der Waals surface area contributed by atoms with Crippen LogP contribution in [0.3, 0.4) is 0 Å². The molecule has 3 aromatic rings. The van der Waals surface area contributed by atoms with Crippen LogP contribution in [0.5, 0.6) is 0 Å². The Bertz CT molecular complexity index is 1800. The Labute approximate surface area is 355 Å². The van der Waals surface area contributed by atoms with Gasteiger partial charge in [-0.05, 0) is 69.2 Å². The SMILES string of the molecule is CCN(CC)CC.CCN1CCN(C(N)=S)CC1.CCN1CCN(c2nc3c(s2)C(=O)N(c2ccccc2)C3=O)CC1.O=C1C(Cl)=C(Cl)C(=O)N1c1ccccc1. The Balaban J connectivity index is 0.000000187. The topological polar surface area (TPSA) is 130 Å². The highest BCUT2D eigenvalue weighted by Crippen LogP contribution is 2.36. The van der Waals surface area contributed by atoms with E-state index in [9.17, 15) is 19.2 Å². The molecule has 4 aliphatic heterocycles. The van der Waals surface area contributed by atoms with Gasteiger partial charge in [0.25, 0.3) is 23.6 Å². The largest absolute Gasteiger partial charge is 0.376 e. The molecule has 2 N–H and O–H groups in total. The van der Waals surface area contributed by atoms with Crippen LogP contribution in [0, 0.1) is 0 Å². The van der Waals surface area contributed by atoms with Gasteiger partial charge in [0, 0.05) is 52.4 Å². The van der Waals surface area contributed by atoms with Crippen molar-refractivity contribution in [2.45, 2.75) is 34.6 Å². The van der Waals surface area contributed by atoms with E-state index in [1.165, 1.54) is 35.9 Å². The zero-order valence-electron chi connectivity index (χ0n) is 33.3. The number of rotatable bonds is 8. The number of nitrogens with two attached hydrogens (primary N) is 1. The fourth-order valence-corrected chi connectivity index (χ4v) is 7.90. The molecule has 13 nitrogen and oxygen atoms in total. The molecule has 2 saturated heterocycles. The van der Waals surface area contributed by atoms with E-state index in [4.69, 9.17) is 41.2 Å². The lowest BCUT2D eigenvalue weighted by molar-refractivity contribution is -0.120. The van der Waals surface area contributed by atoms with E-state index in [0.717, 1.165) is 75.5 Å². The van der Waals surface area contributed by atoms with E-state index in [0.29, 0.717) is 27.1 Å². The number of carbonyl (C=O) groups excluding carboxylic acids is 4. The number of thiazole rings is 1. The van der Waals surface area contributed by atoms with Gasteiger partial charge in [0.15, 0.2) is 15.9 Å². The number of amides is 4. The summed E-state index contributed by atoms with van der Waals surface area (Å²) in [6, 6.07) is 17.5. The molecular formula is C40H53Cl2N9O4S2. The molecule has 5 heterocycles. The second kappa shape index (κ2) is 22.3. The number of imide groups is 2. The first kappa shape index (κ1) is 45.7. The molecule has 1 aromatic heterocycles. The van der Waals surface area contributed by atoms with Crippen molar-refractivity contribution in [1.29, 1.82) is 0 Å². The number of thiocarbonyl (C=S) groups is 1. The highest BCUT2D eigenvalue weighted by atomic mass is 35.5. The zero-order valence-corrected chi connectivity index (χ0v) is 36.5. The summed E-state index contributed by atoms with van der Waals surface area (Å²) in [4.78, 5) is 66.9. The number of carbonyl (C=O) groups is 4. The Kier molecular flexibility index (Phi) is 17.9. The maximum atomic E-state index is 12.7.